The molecule has 0 atom stereocenters. The van der Waals surface area contributed by atoms with Crippen LogP contribution in [0.2, 0.25) is 10.0 Å². The first-order valence-corrected chi connectivity index (χ1v) is 10.4. The number of nitro benzene ring substituents is 1. The number of hydrogen-bond acceptors (Lipinski definition) is 6. The predicted octanol–water partition coefficient (Wildman–Crippen LogP) is 4.77. The molecule has 0 saturated carbocycles. The Bertz CT molecular complexity index is 1370. The fourth-order valence-electron chi connectivity index (χ4n) is 2.94. The Hall–Kier alpha value is -3.96. The number of hydrogen-bond donors (Lipinski definition) is 1. The van der Waals surface area contributed by atoms with Crippen molar-refractivity contribution < 1.29 is 18.8 Å². The highest BCUT2D eigenvalue weighted by molar-refractivity contribution is 6.32. The number of carbonyl (C=O) groups excluding carboxylic acids is 1. The summed E-state index contributed by atoms with van der Waals surface area (Å²) >= 11 is 12.0. The van der Waals surface area contributed by atoms with Crippen LogP contribution in [0.1, 0.15) is 16.1 Å². The van der Waals surface area contributed by atoms with Crippen molar-refractivity contribution in [2.45, 2.75) is 13.3 Å². The van der Waals surface area contributed by atoms with Crippen molar-refractivity contribution in [1.82, 2.24) is 19.6 Å². The average molecular weight is 505 g/mol. The van der Waals surface area contributed by atoms with Crippen LogP contribution in [-0.2, 0) is 13.3 Å². The summed E-state index contributed by atoms with van der Waals surface area (Å²) in [7, 11) is 0. The predicted molar refractivity (Wildman–Crippen MR) is 122 cm³/mol. The number of ether oxygens (including phenoxy) is 1. The SMILES string of the molecule is O=C(Nc1cnn(Cc2ccc(F)cc2Cl)c1)c1ccn(COc2ccc([N+](=O)[O-])cc2Cl)n1. The van der Waals surface area contributed by atoms with Crippen molar-refractivity contribution in [1.29, 1.82) is 0 Å². The second-order valence-corrected chi connectivity index (χ2v) is 7.82. The molecule has 13 heteroatoms. The van der Waals surface area contributed by atoms with Gasteiger partial charge >= 0.3 is 0 Å². The molecule has 0 saturated heterocycles. The van der Waals surface area contributed by atoms with Gasteiger partial charge in [0.25, 0.3) is 11.6 Å². The lowest BCUT2D eigenvalue weighted by molar-refractivity contribution is -0.384. The van der Waals surface area contributed by atoms with Crippen LogP contribution in [0.3, 0.4) is 0 Å². The molecular weight excluding hydrogens is 490 g/mol. The Morgan fingerprint density at radius 3 is 2.71 bits per heavy atom. The van der Waals surface area contributed by atoms with Gasteiger partial charge in [-0.1, -0.05) is 29.3 Å². The molecule has 174 valence electrons. The largest absolute Gasteiger partial charge is 0.470 e. The van der Waals surface area contributed by atoms with Crippen LogP contribution in [0, 0.1) is 15.9 Å². The van der Waals surface area contributed by atoms with Gasteiger partial charge in [-0.2, -0.15) is 10.2 Å². The number of benzene rings is 2. The van der Waals surface area contributed by atoms with Crippen molar-refractivity contribution in [3.8, 4) is 5.75 Å². The first kappa shape index (κ1) is 23.2. The van der Waals surface area contributed by atoms with Crippen LogP contribution in [0.5, 0.6) is 5.75 Å². The summed E-state index contributed by atoms with van der Waals surface area (Å²) < 4.78 is 21.6. The van der Waals surface area contributed by atoms with E-state index in [0.717, 1.165) is 0 Å². The zero-order chi connectivity index (χ0) is 24.2. The lowest BCUT2D eigenvalue weighted by Gasteiger charge is -2.07. The van der Waals surface area contributed by atoms with E-state index >= 15 is 0 Å². The monoisotopic (exact) mass is 504 g/mol. The maximum absolute atomic E-state index is 13.2. The van der Waals surface area contributed by atoms with Gasteiger partial charge < -0.3 is 10.1 Å². The van der Waals surface area contributed by atoms with E-state index in [1.165, 1.54) is 53.5 Å². The third-order valence-corrected chi connectivity index (χ3v) is 5.24. The minimum Gasteiger partial charge on any atom is -0.470 e. The lowest BCUT2D eigenvalue weighted by atomic mass is 10.2. The van der Waals surface area contributed by atoms with Gasteiger partial charge in [-0.05, 0) is 29.8 Å². The quantitative estimate of drug-likeness (QED) is 0.272. The van der Waals surface area contributed by atoms with E-state index in [0.29, 0.717) is 17.8 Å². The molecule has 0 bridgehead atoms. The number of aromatic nitrogens is 4. The van der Waals surface area contributed by atoms with E-state index < -0.39 is 16.6 Å². The van der Waals surface area contributed by atoms with Crippen molar-refractivity contribution in [3.05, 3.63) is 98.3 Å². The van der Waals surface area contributed by atoms with Crippen molar-refractivity contribution in [3.63, 3.8) is 0 Å². The van der Waals surface area contributed by atoms with Gasteiger partial charge in [0.2, 0.25) is 0 Å². The smallest absolute Gasteiger partial charge is 0.276 e. The van der Waals surface area contributed by atoms with Crippen LogP contribution in [0.4, 0.5) is 15.8 Å². The highest BCUT2D eigenvalue weighted by atomic mass is 35.5. The molecule has 2 heterocycles. The molecule has 0 radical (unpaired) electrons. The molecule has 0 aliphatic heterocycles. The molecule has 4 aromatic rings. The lowest BCUT2D eigenvalue weighted by Crippen LogP contribution is -2.14. The number of anilines is 1. The standard InChI is InChI=1S/C21H15Cl2FN6O4/c22-17-7-14(24)2-1-13(17)10-29-11-15(9-25-29)26-21(31)19-5-6-28(27-19)12-34-20-4-3-16(30(32)33)8-18(20)23/h1-9,11H,10,12H2,(H,26,31). The van der Waals surface area contributed by atoms with E-state index in [9.17, 15) is 19.3 Å². The van der Waals surface area contributed by atoms with Gasteiger partial charge in [0.1, 0.15) is 11.6 Å². The number of carbonyl (C=O) groups is 1. The Morgan fingerprint density at radius 1 is 1.15 bits per heavy atom. The number of halogens is 3. The first-order valence-electron chi connectivity index (χ1n) is 9.66. The van der Waals surface area contributed by atoms with E-state index in [4.69, 9.17) is 27.9 Å². The normalized spacial score (nSPS) is 10.8. The molecule has 1 amide bonds. The van der Waals surface area contributed by atoms with E-state index in [-0.39, 0.29) is 33.9 Å². The topological polar surface area (TPSA) is 117 Å². The number of amides is 1. The summed E-state index contributed by atoms with van der Waals surface area (Å²) in [5, 5.41) is 22.1. The summed E-state index contributed by atoms with van der Waals surface area (Å²) in [5.74, 6) is -0.656. The number of nitro groups is 1. The van der Waals surface area contributed by atoms with Gasteiger partial charge in [0.15, 0.2) is 12.4 Å². The summed E-state index contributed by atoms with van der Waals surface area (Å²) in [6, 6.07) is 9.43. The van der Waals surface area contributed by atoms with Crippen molar-refractivity contribution >= 4 is 40.5 Å². The van der Waals surface area contributed by atoms with Crippen LogP contribution < -0.4 is 10.1 Å². The minimum absolute atomic E-state index is 0.0683. The molecule has 10 nitrogen and oxygen atoms in total. The highest BCUT2D eigenvalue weighted by Crippen LogP contribution is 2.28. The number of non-ortho nitro benzene ring substituents is 1. The fourth-order valence-corrected chi connectivity index (χ4v) is 3.40. The zero-order valence-electron chi connectivity index (χ0n) is 17.2. The molecule has 34 heavy (non-hydrogen) atoms. The molecule has 0 unspecified atom stereocenters. The second kappa shape index (κ2) is 9.89. The van der Waals surface area contributed by atoms with Gasteiger partial charge in [0.05, 0.1) is 28.4 Å². The van der Waals surface area contributed by atoms with E-state index in [2.05, 4.69) is 15.5 Å². The van der Waals surface area contributed by atoms with E-state index in [1.807, 2.05) is 0 Å². The maximum Gasteiger partial charge on any atom is 0.276 e. The fraction of sp³-hybridized carbons (Fsp3) is 0.0952. The number of nitrogens with zero attached hydrogens (tertiary/aromatic N) is 5. The molecule has 4 rings (SSSR count). The summed E-state index contributed by atoms with van der Waals surface area (Å²) in [6.45, 7) is 0.229. The third kappa shape index (κ3) is 5.50. The molecule has 0 fully saturated rings. The Morgan fingerprint density at radius 2 is 1.97 bits per heavy atom. The summed E-state index contributed by atoms with van der Waals surface area (Å²) in [6.07, 6.45) is 4.61. The highest BCUT2D eigenvalue weighted by Gasteiger charge is 2.13. The Balaban J connectivity index is 1.34. The van der Waals surface area contributed by atoms with Crippen molar-refractivity contribution in [2.75, 3.05) is 5.32 Å². The number of nitrogens with one attached hydrogen (secondary N) is 1. The second-order valence-electron chi connectivity index (χ2n) is 7.00. The van der Waals surface area contributed by atoms with Crippen LogP contribution >= 0.6 is 23.2 Å². The van der Waals surface area contributed by atoms with Crippen LogP contribution in [0.25, 0.3) is 0 Å². The molecule has 0 spiro atoms. The van der Waals surface area contributed by atoms with Crippen LogP contribution in [0.15, 0.2) is 61.1 Å². The van der Waals surface area contributed by atoms with Gasteiger partial charge in [0, 0.05) is 29.5 Å². The molecule has 2 aromatic carbocycles. The Kier molecular flexibility index (Phi) is 6.75. The van der Waals surface area contributed by atoms with Gasteiger partial charge in [-0.3, -0.25) is 19.6 Å². The molecule has 0 aliphatic carbocycles. The maximum atomic E-state index is 13.2. The van der Waals surface area contributed by atoms with Gasteiger partial charge in [-0.25, -0.2) is 9.07 Å². The minimum atomic E-state index is -0.560. The first-order chi connectivity index (χ1) is 16.3. The molecule has 0 aliphatic rings. The van der Waals surface area contributed by atoms with Gasteiger partial charge in [-0.15, -0.1) is 0 Å². The average Bonchev–Trinajstić information content (AvgIpc) is 3.44. The number of rotatable bonds is 8. The van der Waals surface area contributed by atoms with Crippen molar-refractivity contribution in [2.24, 2.45) is 0 Å². The van der Waals surface area contributed by atoms with E-state index in [1.54, 1.807) is 16.9 Å². The zero-order valence-corrected chi connectivity index (χ0v) is 18.7. The Labute approximate surface area is 201 Å². The van der Waals surface area contributed by atoms with Crippen LogP contribution in [-0.4, -0.2) is 30.4 Å². The summed E-state index contributed by atoms with van der Waals surface area (Å²) in [5.41, 5.74) is 1.09. The molecular formula is C21H15Cl2FN6O4. The third-order valence-electron chi connectivity index (χ3n) is 4.59. The summed E-state index contributed by atoms with van der Waals surface area (Å²) in [4.78, 5) is 22.7. The molecule has 2 aromatic heterocycles. The molecule has 1 N–H and O–H groups in total.